The maximum Gasteiger partial charge on any atom is 0.253 e. The average molecular weight is 464 g/mol. The lowest BCUT2D eigenvalue weighted by Crippen LogP contribution is -2.25. The quantitative estimate of drug-likeness (QED) is 0.487. The Morgan fingerprint density at radius 1 is 1.10 bits per heavy atom. The number of thioether (sulfide) groups is 1. The van der Waals surface area contributed by atoms with Crippen LogP contribution in [0.4, 0.5) is 5.69 Å². The van der Waals surface area contributed by atoms with Crippen molar-refractivity contribution in [3.63, 3.8) is 0 Å². The lowest BCUT2D eigenvalue weighted by Gasteiger charge is -2.09. The van der Waals surface area contributed by atoms with Crippen molar-refractivity contribution >= 4 is 52.5 Å². The number of halogens is 2. The zero-order valence-corrected chi connectivity index (χ0v) is 18.4. The molecule has 2 amide bonds. The average Bonchev–Trinajstić information content (AvgIpc) is 3.12. The lowest BCUT2D eigenvalue weighted by molar-refractivity contribution is -0.113. The van der Waals surface area contributed by atoms with Crippen molar-refractivity contribution < 1.29 is 9.59 Å². The third-order valence-electron chi connectivity index (χ3n) is 4.08. The zero-order chi connectivity index (χ0) is 21.5. The molecule has 0 fully saturated rings. The fourth-order valence-corrected chi connectivity index (χ4v) is 3.90. The molecule has 0 aliphatic rings. The second-order valence-electron chi connectivity index (χ2n) is 6.15. The normalized spacial score (nSPS) is 10.6. The predicted molar refractivity (Wildman–Crippen MR) is 119 cm³/mol. The Bertz CT molecular complexity index is 1060. The number of nitrogens with zero attached hydrogens (tertiary/aromatic N) is 3. The number of aromatic nitrogens is 3. The zero-order valence-electron chi connectivity index (χ0n) is 16.1. The number of hydrogen-bond donors (Lipinski definition) is 2. The Morgan fingerprint density at radius 2 is 1.90 bits per heavy atom. The Kier molecular flexibility index (Phi) is 7.73. The highest BCUT2D eigenvalue weighted by Crippen LogP contribution is 2.19. The standard InChI is InChI=1S/C20H19Cl2N5O2S/c1-2-27-17(11-23-19(29)15-8-3-4-9-16(15)22)25-26-20(27)30-12-18(28)24-14-7-5-6-13(21)10-14/h3-10H,2,11-12H2,1H3,(H,23,29)(H,24,28). The summed E-state index contributed by atoms with van der Waals surface area (Å²) in [5, 5.41) is 15.4. The monoisotopic (exact) mass is 463 g/mol. The SMILES string of the molecule is CCn1c(CNC(=O)c2ccccc2Cl)nnc1SCC(=O)Nc1cccc(Cl)c1. The van der Waals surface area contributed by atoms with Gasteiger partial charge in [-0.1, -0.05) is 53.2 Å². The molecule has 2 aromatic carbocycles. The predicted octanol–water partition coefficient (Wildman–Crippen LogP) is 4.27. The highest BCUT2D eigenvalue weighted by Gasteiger charge is 2.15. The van der Waals surface area contributed by atoms with Crippen molar-refractivity contribution in [3.8, 4) is 0 Å². The smallest absolute Gasteiger partial charge is 0.253 e. The molecule has 1 heterocycles. The molecule has 0 unspecified atom stereocenters. The first-order valence-corrected chi connectivity index (χ1v) is 10.8. The molecule has 0 radical (unpaired) electrons. The number of hydrogen-bond acceptors (Lipinski definition) is 5. The maximum absolute atomic E-state index is 12.3. The molecule has 0 atom stereocenters. The Labute approximate surface area is 188 Å². The van der Waals surface area contributed by atoms with E-state index >= 15 is 0 Å². The summed E-state index contributed by atoms with van der Waals surface area (Å²) in [6.07, 6.45) is 0. The van der Waals surface area contributed by atoms with Crippen LogP contribution in [-0.4, -0.2) is 32.3 Å². The molecule has 3 rings (SSSR count). The van der Waals surface area contributed by atoms with E-state index < -0.39 is 0 Å². The van der Waals surface area contributed by atoms with Gasteiger partial charge in [-0.05, 0) is 37.3 Å². The van der Waals surface area contributed by atoms with Crippen LogP contribution in [-0.2, 0) is 17.9 Å². The van der Waals surface area contributed by atoms with Crippen molar-refractivity contribution in [2.24, 2.45) is 0 Å². The number of rotatable bonds is 8. The summed E-state index contributed by atoms with van der Waals surface area (Å²) in [6, 6.07) is 13.8. The Hall–Kier alpha value is -2.55. The third-order valence-corrected chi connectivity index (χ3v) is 5.61. The summed E-state index contributed by atoms with van der Waals surface area (Å²) < 4.78 is 1.85. The molecular weight excluding hydrogens is 445 g/mol. The number of amides is 2. The maximum atomic E-state index is 12.3. The van der Waals surface area contributed by atoms with Crippen LogP contribution in [0.2, 0.25) is 10.0 Å². The largest absolute Gasteiger partial charge is 0.345 e. The van der Waals surface area contributed by atoms with Gasteiger partial charge in [-0.15, -0.1) is 10.2 Å². The summed E-state index contributed by atoms with van der Waals surface area (Å²) in [6.45, 7) is 2.74. The van der Waals surface area contributed by atoms with Gasteiger partial charge >= 0.3 is 0 Å². The van der Waals surface area contributed by atoms with Crippen molar-refractivity contribution in [3.05, 3.63) is 70.0 Å². The van der Waals surface area contributed by atoms with Gasteiger partial charge in [0, 0.05) is 17.3 Å². The van der Waals surface area contributed by atoms with E-state index in [9.17, 15) is 9.59 Å². The first-order chi connectivity index (χ1) is 14.5. The molecule has 3 aromatic rings. The minimum absolute atomic E-state index is 0.163. The topological polar surface area (TPSA) is 88.9 Å². The number of nitrogens with one attached hydrogen (secondary N) is 2. The summed E-state index contributed by atoms with van der Waals surface area (Å²) in [7, 11) is 0. The van der Waals surface area contributed by atoms with Gasteiger partial charge in [0.2, 0.25) is 5.91 Å². The molecule has 2 N–H and O–H groups in total. The van der Waals surface area contributed by atoms with Crippen LogP contribution in [0.15, 0.2) is 53.7 Å². The van der Waals surface area contributed by atoms with E-state index in [-0.39, 0.29) is 24.1 Å². The molecule has 1 aromatic heterocycles. The molecule has 156 valence electrons. The van der Waals surface area contributed by atoms with E-state index in [1.807, 2.05) is 11.5 Å². The molecule has 0 bridgehead atoms. The number of carbonyl (C=O) groups is 2. The summed E-state index contributed by atoms with van der Waals surface area (Å²) in [5.74, 6) is 0.287. The van der Waals surface area contributed by atoms with Gasteiger partial charge in [-0.3, -0.25) is 9.59 Å². The number of carbonyl (C=O) groups excluding carboxylic acids is 2. The van der Waals surface area contributed by atoms with Crippen LogP contribution in [0, 0.1) is 0 Å². The molecule has 30 heavy (non-hydrogen) atoms. The van der Waals surface area contributed by atoms with Crippen LogP contribution in [0.5, 0.6) is 0 Å². The van der Waals surface area contributed by atoms with Crippen LogP contribution in [0.1, 0.15) is 23.1 Å². The van der Waals surface area contributed by atoms with Gasteiger partial charge in [0.05, 0.1) is 22.9 Å². The molecule has 0 aliphatic heterocycles. The second kappa shape index (κ2) is 10.5. The van der Waals surface area contributed by atoms with Crippen LogP contribution in [0.3, 0.4) is 0 Å². The molecular formula is C20H19Cl2N5O2S. The van der Waals surface area contributed by atoms with Crippen molar-refractivity contribution in [2.45, 2.75) is 25.2 Å². The highest BCUT2D eigenvalue weighted by molar-refractivity contribution is 7.99. The van der Waals surface area contributed by atoms with E-state index in [0.29, 0.717) is 38.8 Å². The van der Waals surface area contributed by atoms with Crippen LogP contribution in [0.25, 0.3) is 0 Å². The van der Waals surface area contributed by atoms with E-state index in [1.165, 1.54) is 11.8 Å². The van der Waals surface area contributed by atoms with Gasteiger partial charge in [-0.2, -0.15) is 0 Å². The molecule has 0 aliphatic carbocycles. The summed E-state index contributed by atoms with van der Waals surface area (Å²) in [4.78, 5) is 24.5. The van der Waals surface area contributed by atoms with Gasteiger partial charge < -0.3 is 15.2 Å². The first-order valence-electron chi connectivity index (χ1n) is 9.11. The van der Waals surface area contributed by atoms with Crippen molar-refractivity contribution in [1.82, 2.24) is 20.1 Å². The lowest BCUT2D eigenvalue weighted by atomic mass is 10.2. The van der Waals surface area contributed by atoms with Gasteiger partial charge in [-0.25, -0.2) is 0 Å². The minimum atomic E-state index is -0.290. The van der Waals surface area contributed by atoms with Gasteiger partial charge in [0.1, 0.15) is 0 Å². The van der Waals surface area contributed by atoms with Crippen molar-refractivity contribution in [2.75, 3.05) is 11.1 Å². The van der Waals surface area contributed by atoms with Gasteiger partial charge in [0.25, 0.3) is 5.91 Å². The fraction of sp³-hybridized carbons (Fsp3) is 0.200. The van der Waals surface area contributed by atoms with E-state index in [1.54, 1.807) is 48.5 Å². The molecule has 7 nitrogen and oxygen atoms in total. The summed E-state index contributed by atoms with van der Waals surface area (Å²) in [5.41, 5.74) is 1.03. The van der Waals surface area contributed by atoms with Crippen LogP contribution >= 0.6 is 35.0 Å². The third kappa shape index (κ3) is 5.75. The first kappa shape index (κ1) is 22.1. The van der Waals surface area contributed by atoms with E-state index in [2.05, 4.69) is 20.8 Å². The van der Waals surface area contributed by atoms with Crippen LogP contribution < -0.4 is 10.6 Å². The Balaban J connectivity index is 1.58. The van der Waals surface area contributed by atoms with E-state index in [0.717, 1.165) is 0 Å². The van der Waals surface area contributed by atoms with E-state index in [4.69, 9.17) is 23.2 Å². The van der Waals surface area contributed by atoms with Crippen molar-refractivity contribution in [1.29, 1.82) is 0 Å². The molecule has 0 saturated carbocycles. The van der Waals surface area contributed by atoms with Gasteiger partial charge in [0.15, 0.2) is 11.0 Å². The number of anilines is 1. The Morgan fingerprint density at radius 3 is 2.63 bits per heavy atom. The molecule has 10 heteroatoms. The molecule has 0 saturated heterocycles. The minimum Gasteiger partial charge on any atom is -0.345 e. The fourth-order valence-electron chi connectivity index (χ4n) is 2.67. The summed E-state index contributed by atoms with van der Waals surface area (Å²) >= 11 is 13.3. The number of benzene rings is 2. The highest BCUT2D eigenvalue weighted by atomic mass is 35.5. The molecule has 0 spiro atoms. The second-order valence-corrected chi connectivity index (χ2v) is 7.94.